The summed E-state index contributed by atoms with van der Waals surface area (Å²) >= 11 is 0. The van der Waals surface area contributed by atoms with Crippen LogP contribution in [-0.2, 0) is 23.6 Å². The zero-order valence-corrected chi connectivity index (χ0v) is 25.5. The zero-order chi connectivity index (χ0) is 27.2. The molecule has 0 radical (unpaired) electrons. The molecular formula is C29H48N2O5Si. The first-order valence-corrected chi connectivity index (χ1v) is 17.5. The first-order chi connectivity index (χ1) is 17.3. The van der Waals surface area contributed by atoms with Gasteiger partial charge < -0.3 is 18.8 Å². The van der Waals surface area contributed by atoms with E-state index in [1.165, 1.54) is 19.8 Å². The molecule has 4 aliphatic rings. The van der Waals surface area contributed by atoms with Crippen molar-refractivity contribution in [2.24, 2.45) is 44.8 Å². The molecule has 4 rings (SSSR count). The van der Waals surface area contributed by atoms with Crippen molar-refractivity contribution in [2.45, 2.75) is 97.9 Å². The largest absolute Gasteiger partial charge is 0.459 e. The molecule has 208 valence electrons. The topological polar surface area (TPSA) is 78.7 Å². The molecule has 7 nitrogen and oxygen atoms in total. The van der Waals surface area contributed by atoms with Crippen molar-refractivity contribution in [1.82, 2.24) is 0 Å². The van der Waals surface area contributed by atoms with E-state index in [1.807, 2.05) is 0 Å². The Balaban J connectivity index is 1.74. The second-order valence-electron chi connectivity index (χ2n) is 13.3. The Bertz CT molecular complexity index is 987. The molecule has 0 saturated heterocycles. The molecule has 7 atom stereocenters. The molecule has 0 heterocycles. The number of fused-ring (bicyclic) bond motifs is 5. The molecule has 1 unspecified atom stereocenters. The number of carbonyl (C=O) groups is 1. The third-order valence-electron chi connectivity index (χ3n) is 10.2. The summed E-state index contributed by atoms with van der Waals surface area (Å²) in [5.74, 6) is 2.00. The van der Waals surface area contributed by atoms with Gasteiger partial charge in [-0.15, -0.1) is 0 Å². The molecule has 0 aliphatic heterocycles. The Hall–Kier alpha value is -1.67. The van der Waals surface area contributed by atoms with E-state index in [0.717, 1.165) is 43.5 Å². The average molecular weight is 533 g/mol. The molecule has 37 heavy (non-hydrogen) atoms. The van der Waals surface area contributed by atoms with E-state index in [2.05, 4.69) is 56.8 Å². The van der Waals surface area contributed by atoms with Crippen LogP contribution in [0.4, 0.5) is 0 Å². The Labute approximate surface area is 224 Å². The molecule has 8 heteroatoms. The maximum Gasteiger partial charge on any atom is 0.303 e. The summed E-state index contributed by atoms with van der Waals surface area (Å²) in [6.07, 6.45) is 9.87. The predicted molar refractivity (Wildman–Crippen MR) is 149 cm³/mol. The highest BCUT2D eigenvalue weighted by atomic mass is 28.4. The van der Waals surface area contributed by atoms with Gasteiger partial charge in [0, 0.05) is 12.3 Å². The monoisotopic (exact) mass is 532 g/mol. The highest BCUT2D eigenvalue weighted by Gasteiger charge is 2.67. The molecule has 3 fully saturated rings. The molecular weight excluding hydrogens is 484 g/mol. The molecule has 4 aliphatic carbocycles. The minimum absolute atomic E-state index is 0.0966. The van der Waals surface area contributed by atoms with Crippen LogP contribution < -0.4 is 0 Å². The number of allylic oxidation sites excluding steroid dienone is 2. The molecule has 3 saturated carbocycles. The Morgan fingerprint density at radius 3 is 2.41 bits per heavy atom. The average Bonchev–Trinajstić information content (AvgIpc) is 3.09. The van der Waals surface area contributed by atoms with Gasteiger partial charge in [0.05, 0.1) is 5.71 Å². The van der Waals surface area contributed by atoms with E-state index in [0.29, 0.717) is 23.7 Å². The highest BCUT2D eigenvalue weighted by Crippen LogP contribution is 2.69. The second-order valence-corrected chi connectivity index (χ2v) is 17.8. The molecule has 0 N–H and O–H groups in total. The van der Waals surface area contributed by atoms with Gasteiger partial charge in [-0.1, -0.05) is 36.7 Å². The van der Waals surface area contributed by atoms with Gasteiger partial charge in [0.25, 0.3) is 0 Å². The number of nitrogens with zero attached hydrogens (tertiary/aromatic N) is 2. The van der Waals surface area contributed by atoms with Gasteiger partial charge >= 0.3 is 5.97 Å². The third kappa shape index (κ3) is 4.81. The maximum atomic E-state index is 11.8. The van der Waals surface area contributed by atoms with Crippen LogP contribution >= 0.6 is 0 Å². The minimum atomic E-state index is -1.99. The van der Waals surface area contributed by atoms with Crippen LogP contribution in [0.25, 0.3) is 0 Å². The van der Waals surface area contributed by atoms with Crippen LogP contribution in [0.15, 0.2) is 22.0 Å². The normalized spacial score (nSPS) is 40.8. The number of hydrogen-bond donors (Lipinski definition) is 0. The zero-order valence-electron chi connectivity index (χ0n) is 24.5. The SMILES string of the molecule is CO/N=C1\C=C2C(C)C[C@@H]3[C@H](CC[C@@]4(C)[C@H]3CC[C@]4(O[Si](C)(C)C)/C(COC(C)=O)=N\OC)[C@@]2(C)CC1. The van der Waals surface area contributed by atoms with Crippen molar-refractivity contribution in [3.8, 4) is 0 Å². The van der Waals surface area contributed by atoms with Gasteiger partial charge in [0.1, 0.15) is 32.1 Å². The van der Waals surface area contributed by atoms with Crippen LogP contribution in [0.1, 0.15) is 72.6 Å². The minimum Gasteiger partial charge on any atom is -0.459 e. The lowest BCUT2D eigenvalue weighted by Gasteiger charge is -2.61. The molecule has 0 spiro atoms. The third-order valence-corrected chi connectivity index (χ3v) is 11.1. The molecule has 0 amide bonds. The Morgan fingerprint density at radius 2 is 1.78 bits per heavy atom. The Morgan fingerprint density at radius 1 is 1.08 bits per heavy atom. The van der Waals surface area contributed by atoms with E-state index in [1.54, 1.807) is 19.8 Å². The fourth-order valence-electron chi connectivity index (χ4n) is 8.90. The summed E-state index contributed by atoms with van der Waals surface area (Å²) in [6.45, 7) is 15.6. The van der Waals surface area contributed by atoms with Gasteiger partial charge in [-0.3, -0.25) is 4.79 Å². The quantitative estimate of drug-likeness (QED) is 0.165. The summed E-state index contributed by atoms with van der Waals surface area (Å²) in [4.78, 5) is 22.3. The van der Waals surface area contributed by atoms with Crippen LogP contribution in [0.5, 0.6) is 0 Å². The van der Waals surface area contributed by atoms with Gasteiger partial charge in [-0.05, 0) is 99.7 Å². The van der Waals surface area contributed by atoms with Crippen molar-refractivity contribution in [3.05, 3.63) is 11.6 Å². The molecule has 0 aromatic rings. The van der Waals surface area contributed by atoms with Crippen molar-refractivity contribution in [1.29, 1.82) is 0 Å². The summed E-state index contributed by atoms with van der Waals surface area (Å²) in [5.41, 5.74) is 2.91. The lowest BCUT2D eigenvalue weighted by Crippen LogP contribution is -2.62. The lowest BCUT2D eigenvalue weighted by molar-refractivity contribution is -0.140. The van der Waals surface area contributed by atoms with E-state index in [-0.39, 0.29) is 23.4 Å². The smallest absolute Gasteiger partial charge is 0.303 e. The van der Waals surface area contributed by atoms with Crippen LogP contribution in [-0.4, -0.2) is 52.1 Å². The molecule has 0 bridgehead atoms. The molecule has 0 aromatic heterocycles. The Kier molecular flexibility index (Phi) is 7.76. The number of hydrogen-bond acceptors (Lipinski definition) is 7. The van der Waals surface area contributed by atoms with Crippen molar-refractivity contribution < 1.29 is 23.6 Å². The standard InChI is InChI=1S/C29H48N2O5Si/c1-19-16-22-23(27(3)13-10-21(30-33-5)17-25(19)27)11-14-28(4)24(22)12-15-29(28,36-37(7,8)9)26(31-34-6)18-35-20(2)32/h17,19,22-24H,10-16,18H2,1-9H3/b30-21-,31-26-/t19?,22-,23+,24+,27-,28+,29+/m1/s1. The fourth-order valence-corrected chi connectivity index (χ4v) is 10.4. The fraction of sp³-hybridized carbons (Fsp3) is 0.828. The lowest BCUT2D eigenvalue weighted by atomic mass is 9.44. The van der Waals surface area contributed by atoms with Gasteiger partial charge in [-0.25, -0.2) is 0 Å². The first-order valence-electron chi connectivity index (χ1n) is 14.1. The van der Waals surface area contributed by atoms with Crippen LogP contribution in [0.3, 0.4) is 0 Å². The number of ether oxygens (including phenoxy) is 1. The van der Waals surface area contributed by atoms with Crippen molar-refractivity contribution >= 4 is 25.7 Å². The van der Waals surface area contributed by atoms with E-state index in [4.69, 9.17) is 18.8 Å². The summed E-state index contributed by atoms with van der Waals surface area (Å²) < 4.78 is 12.7. The van der Waals surface area contributed by atoms with Crippen LogP contribution in [0.2, 0.25) is 19.6 Å². The maximum absolute atomic E-state index is 11.8. The first kappa shape index (κ1) is 28.3. The van der Waals surface area contributed by atoms with Gasteiger partial charge in [-0.2, -0.15) is 0 Å². The number of esters is 1. The van der Waals surface area contributed by atoms with E-state index < -0.39 is 13.9 Å². The van der Waals surface area contributed by atoms with Crippen molar-refractivity contribution in [3.63, 3.8) is 0 Å². The molecule has 0 aromatic carbocycles. The van der Waals surface area contributed by atoms with Crippen molar-refractivity contribution in [2.75, 3.05) is 20.8 Å². The van der Waals surface area contributed by atoms with Gasteiger partial charge in [0.2, 0.25) is 0 Å². The highest BCUT2D eigenvalue weighted by molar-refractivity contribution is 6.70. The number of oxime groups is 2. The second kappa shape index (κ2) is 10.1. The number of rotatable bonds is 7. The summed E-state index contributed by atoms with van der Waals surface area (Å²) in [6, 6.07) is 0. The number of carbonyl (C=O) groups excluding carboxylic acids is 1. The van der Waals surface area contributed by atoms with Gasteiger partial charge in [0.15, 0.2) is 8.32 Å². The van der Waals surface area contributed by atoms with Crippen LogP contribution in [0, 0.1) is 34.5 Å². The summed E-state index contributed by atoms with van der Waals surface area (Å²) in [5, 5.41) is 8.79. The van der Waals surface area contributed by atoms with E-state index >= 15 is 0 Å². The predicted octanol–water partition coefficient (Wildman–Crippen LogP) is 6.35. The summed E-state index contributed by atoms with van der Waals surface area (Å²) in [7, 11) is 1.22. The van der Waals surface area contributed by atoms with E-state index in [9.17, 15) is 4.79 Å².